The average molecular weight is 276 g/mol. The molecule has 0 aliphatic rings. The molecule has 0 aliphatic carbocycles. The maximum absolute atomic E-state index is 11.2. The summed E-state index contributed by atoms with van der Waals surface area (Å²) in [7, 11) is -0.930. The first kappa shape index (κ1) is 14.1. The standard InChI is InChI=1S/C10H14ClN3O2S/c1-6(17(3)16)4-12-10-8(5-15)9(11)13-7(2)14-10/h5-6H,4H2,1-3H3,(H,12,13,14). The lowest BCUT2D eigenvalue weighted by atomic mass is 10.3. The normalized spacial score (nSPS) is 14.1. The van der Waals surface area contributed by atoms with Gasteiger partial charge in [-0.1, -0.05) is 11.6 Å². The van der Waals surface area contributed by atoms with Gasteiger partial charge >= 0.3 is 0 Å². The van der Waals surface area contributed by atoms with Crippen LogP contribution in [0.15, 0.2) is 0 Å². The van der Waals surface area contributed by atoms with Crippen LogP contribution in [0.4, 0.5) is 5.82 Å². The number of carbonyl (C=O) groups is 1. The number of carbonyl (C=O) groups excluding carboxylic acids is 1. The Balaban J connectivity index is 2.90. The fraction of sp³-hybridized carbons (Fsp3) is 0.500. The fourth-order valence-electron chi connectivity index (χ4n) is 1.14. The first-order valence-electron chi connectivity index (χ1n) is 5.01. The zero-order valence-electron chi connectivity index (χ0n) is 9.86. The van der Waals surface area contributed by atoms with Crippen LogP contribution in [-0.4, -0.2) is 38.5 Å². The number of halogens is 1. The third-order valence-electron chi connectivity index (χ3n) is 2.25. The van der Waals surface area contributed by atoms with Gasteiger partial charge in [-0.3, -0.25) is 9.00 Å². The van der Waals surface area contributed by atoms with E-state index in [1.165, 1.54) is 0 Å². The molecule has 0 saturated carbocycles. The second-order valence-electron chi connectivity index (χ2n) is 3.63. The van der Waals surface area contributed by atoms with Gasteiger partial charge in [0.1, 0.15) is 16.8 Å². The van der Waals surface area contributed by atoms with E-state index in [0.29, 0.717) is 24.5 Å². The summed E-state index contributed by atoms with van der Waals surface area (Å²) in [4.78, 5) is 18.9. The molecule has 94 valence electrons. The van der Waals surface area contributed by atoms with E-state index in [4.69, 9.17) is 11.6 Å². The lowest BCUT2D eigenvalue weighted by Crippen LogP contribution is -2.22. The Labute approximate surface area is 107 Å². The molecule has 0 bridgehead atoms. The van der Waals surface area contributed by atoms with Crippen LogP contribution in [0.5, 0.6) is 0 Å². The number of hydrogen-bond acceptors (Lipinski definition) is 5. The van der Waals surface area contributed by atoms with E-state index in [1.54, 1.807) is 13.2 Å². The summed E-state index contributed by atoms with van der Waals surface area (Å²) >= 11 is 5.83. The summed E-state index contributed by atoms with van der Waals surface area (Å²) in [6, 6.07) is 0. The highest BCUT2D eigenvalue weighted by atomic mass is 35.5. The van der Waals surface area contributed by atoms with Gasteiger partial charge in [-0.15, -0.1) is 0 Å². The van der Waals surface area contributed by atoms with Crippen molar-refractivity contribution in [3.63, 3.8) is 0 Å². The number of aldehydes is 1. The molecule has 1 rings (SSSR count). The molecule has 0 aliphatic heterocycles. The molecule has 2 atom stereocenters. The van der Waals surface area contributed by atoms with Crippen molar-refractivity contribution in [3.8, 4) is 0 Å². The molecule has 7 heteroatoms. The second kappa shape index (κ2) is 6.07. The van der Waals surface area contributed by atoms with Crippen molar-refractivity contribution < 1.29 is 9.00 Å². The molecule has 0 spiro atoms. The van der Waals surface area contributed by atoms with Crippen molar-refractivity contribution >= 4 is 34.5 Å². The number of anilines is 1. The van der Waals surface area contributed by atoms with E-state index in [9.17, 15) is 9.00 Å². The van der Waals surface area contributed by atoms with Crippen LogP contribution in [-0.2, 0) is 10.8 Å². The van der Waals surface area contributed by atoms with Gasteiger partial charge in [0.05, 0.1) is 5.56 Å². The lowest BCUT2D eigenvalue weighted by Gasteiger charge is -2.12. The molecular weight excluding hydrogens is 262 g/mol. The van der Waals surface area contributed by atoms with Gasteiger partial charge in [0.2, 0.25) is 0 Å². The topological polar surface area (TPSA) is 72.0 Å². The summed E-state index contributed by atoms with van der Waals surface area (Å²) in [5.74, 6) is 0.864. The minimum Gasteiger partial charge on any atom is -0.368 e. The van der Waals surface area contributed by atoms with Crippen molar-refractivity contribution in [2.75, 3.05) is 18.1 Å². The minimum absolute atomic E-state index is 0.0384. The maximum atomic E-state index is 11.2. The number of aryl methyl sites for hydroxylation is 1. The van der Waals surface area contributed by atoms with Gasteiger partial charge < -0.3 is 5.32 Å². The molecule has 0 amide bonds. The van der Waals surface area contributed by atoms with E-state index in [2.05, 4.69) is 15.3 Å². The molecule has 1 aromatic heterocycles. The Morgan fingerprint density at radius 2 is 2.18 bits per heavy atom. The van der Waals surface area contributed by atoms with Crippen LogP contribution < -0.4 is 5.32 Å². The summed E-state index contributed by atoms with van der Waals surface area (Å²) in [6.07, 6.45) is 2.24. The molecule has 0 radical (unpaired) electrons. The Bertz CT molecular complexity index is 453. The smallest absolute Gasteiger partial charge is 0.156 e. The van der Waals surface area contributed by atoms with Crippen molar-refractivity contribution in [2.45, 2.75) is 19.1 Å². The van der Waals surface area contributed by atoms with Crippen LogP contribution in [0.1, 0.15) is 23.1 Å². The zero-order valence-corrected chi connectivity index (χ0v) is 11.4. The molecule has 0 fully saturated rings. The second-order valence-corrected chi connectivity index (χ2v) is 5.79. The van der Waals surface area contributed by atoms with Gasteiger partial charge in [-0.05, 0) is 13.8 Å². The molecular formula is C10H14ClN3O2S. The Kier molecular flexibility index (Phi) is 5.02. The van der Waals surface area contributed by atoms with Gasteiger partial charge in [0, 0.05) is 28.9 Å². The van der Waals surface area contributed by atoms with E-state index in [0.717, 1.165) is 0 Å². The summed E-state index contributed by atoms with van der Waals surface area (Å²) in [5.41, 5.74) is 0.228. The molecule has 5 nitrogen and oxygen atoms in total. The lowest BCUT2D eigenvalue weighted by molar-refractivity contribution is 0.112. The van der Waals surface area contributed by atoms with Crippen LogP contribution >= 0.6 is 11.6 Å². The molecule has 1 aromatic rings. The third kappa shape index (κ3) is 3.74. The van der Waals surface area contributed by atoms with E-state index >= 15 is 0 Å². The highest BCUT2D eigenvalue weighted by Gasteiger charge is 2.12. The van der Waals surface area contributed by atoms with Gasteiger partial charge in [-0.2, -0.15) is 0 Å². The van der Waals surface area contributed by atoms with Crippen LogP contribution in [0.3, 0.4) is 0 Å². The van der Waals surface area contributed by atoms with Gasteiger partial charge in [-0.25, -0.2) is 9.97 Å². The predicted octanol–water partition coefficient (Wildman–Crippen LogP) is 1.43. The van der Waals surface area contributed by atoms with Gasteiger partial charge in [0.25, 0.3) is 0 Å². The first-order valence-corrected chi connectivity index (χ1v) is 7.01. The van der Waals surface area contributed by atoms with Gasteiger partial charge in [0.15, 0.2) is 6.29 Å². The van der Waals surface area contributed by atoms with E-state index in [-0.39, 0.29) is 16.0 Å². The zero-order chi connectivity index (χ0) is 13.0. The predicted molar refractivity (Wildman–Crippen MR) is 69.2 cm³/mol. The number of nitrogens with one attached hydrogen (secondary N) is 1. The van der Waals surface area contributed by atoms with Crippen LogP contribution in [0, 0.1) is 6.92 Å². The van der Waals surface area contributed by atoms with Crippen molar-refractivity contribution in [1.29, 1.82) is 0 Å². The van der Waals surface area contributed by atoms with Crippen LogP contribution in [0.2, 0.25) is 5.15 Å². The number of nitrogens with zero attached hydrogens (tertiary/aromatic N) is 2. The third-order valence-corrected chi connectivity index (χ3v) is 3.84. The quantitative estimate of drug-likeness (QED) is 0.650. The number of rotatable bonds is 5. The number of hydrogen-bond donors (Lipinski definition) is 1. The Morgan fingerprint density at radius 3 is 2.71 bits per heavy atom. The van der Waals surface area contributed by atoms with E-state index in [1.807, 2.05) is 6.92 Å². The summed E-state index contributed by atoms with van der Waals surface area (Å²) in [5, 5.41) is 3.05. The summed E-state index contributed by atoms with van der Waals surface area (Å²) < 4.78 is 11.2. The first-order chi connectivity index (χ1) is 7.95. The molecule has 1 N–H and O–H groups in total. The minimum atomic E-state index is -0.930. The highest BCUT2D eigenvalue weighted by Crippen LogP contribution is 2.18. The largest absolute Gasteiger partial charge is 0.368 e. The van der Waals surface area contributed by atoms with E-state index < -0.39 is 10.8 Å². The molecule has 1 heterocycles. The molecule has 0 saturated heterocycles. The average Bonchev–Trinajstić information content (AvgIpc) is 2.24. The maximum Gasteiger partial charge on any atom is 0.156 e. The molecule has 0 aromatic carbocycles. The molecule has 2 unspecified atom stereocenters. The Morgan fingerprint density at radius 1 is 1.53 bits per heavy atom. The molecule has 17 heavy (non-hydrogen) atoms. The summed E-state index contributed by atoms with van der Waals surface area (Å²) in [6.45, 7) is 3.99. The monoisotopic (exact) mass is 275 g/mol. The van der Waals surface area contributed by atoms with Crippen LogP contribution in [0.25, 0.3) is 0 Å². The SMILES string of the molecule is Cc1nc(Cl)c(C=O)c(NCC(C)S(C)=O)n1. The number of aromatic nitrogens is 2. The van der Waals surface area contributed by atoms with Crippen molar-refractivity contribution in [1.82, 2.24) is 9.97 Å². The Hall–Kier alpha value is -1.01. The van der Waals surface area contributed by atoms with Crippen molar-refractivity contribution in [3.05, 3.63) is 16.5 Å². The van der Waals surface area contributed by atoms with Crippen molar-refractivity contribution in [2.24, 2.45) is 0 Å². The highest BCUT2D eigenvalue weighted by molar-refractivity contribution is 7.84. The fourth-order valence-corrected chi connectivity index (χ4v) is 1.72.